The average molecular weight is 562 g/mol. The van der Waals surface area contributed by atoms with Crippen molar-refractivity contribution in [3.8, 4) is 5.75 Å². The van der Waals surface area contributed by atoms with E-state index in [1.54, 1.807) is 15.9 Å². The number of phenolic OH excluding ortho intramolecular Hbond substituents is 1. The van der Waals surface area contributed by atoms with Gasteiger partial charge in [-0.1, -0.05) is 48.5 Å². The second-order valence-corrected chi connectivity index (χ2v) is 11.0. The minimum atomic E-state index is -0.0814. The molecule has 0 saturated carbocycles. The van der Waals surface area contributed by atoms with Gasteiger partial charge in [-0.3, -0.25) is 9.59 Å². The highest BCUT2D eigenvalue weighted by atomic mass is 35.5. The molecule has 0 aliphatic carbocycles. The number of alkyl halides is 2. The fourth-order valence-electron chi connectivity index (χ4n) is 6.28. The SMILES string of the molecule is Nc1cc2c(c3ccccc13)C(CCl)CN2C(=O)CCCC(=O)N1CC(CCl)c2c1cc(O)c1ccccc21. The van der Waals surface area contributed by atoms with E-state index in [1.807, 2.05) is 54.6 Å². The molecular formula is C31H29Cl2N3O3. The maximum atomic E-state index is 13.4. The molecular weight excluding hydrogens is 533 g/mol. The van der Waals surface area contributed by atoms with Gasteiger partial charge in [-0.25, -0.2) is 0 Å². The molecule has 2 atom stereocenters. The Balaban J connectivity index is 1.19. The topological polar surface area (TPSA) is 86.9 Å². The first-order valence-corrected chi connectivity index (χ1v) is 14.3. The maximum Gasteiger partial charge on any atom is 0.227 e. The number of aromatic hydroxyl groups is 1. The summed E-state index contributed by atoms with van der Waals surface area (Å²) >= 11 is 12.6. The first kappa shape index (κ1) is 25.8. The smallest absolute Gasteiger partial charge is 0.227 e. The van der Waals surface area contributed by atoms with Crippen LogP contribution in [0.1, 0.15) is 42.2 Å². The Bertz CT molecular complexity index is 1500. The van der Waals surface area contributed by atoms with Crippen LogP contribution in [0.3, 0.4) is 0 Å². The molecule has 4 aromatic rings. The second kappa shape index (κ2) is 10.2. The van der Waals surface area contributed by atoms with E-state index in [2.05, 4.69) is 0 Å². The van der Waals surface area contributed by atoms with Crippen LogP contribution in [0.15, 0.2) is 60.7 Å². The molecule has 8 heteroatoms. The van der Waals surface area contributed by atoms with Crippen LogP contribution in [0.4, 0.5) is 17.1 Å². The van der Waals surface area contributed by atoms with Gasteiger partial charge in [0.15, 0.2) is 0 Å². The molecule has 0 saturated heterocycles. The fourth-order valence-corrected chi connectivity index (χ4v) is 6.79. The summed E-state index contributed by atoms with van der Waals surface area (Å²) in [4.78, 5) is 30.2. The van der Waals surface area contributed by atoms with Crippen molar-refractivity contribution in [1.82, 2.24) is 0 Å². The third-order valence-corrected chi connectivity index (χ3v) is 8.84. The summed E-state index contributed by atoms with van der Waals surface area (Å²) in [6.07, 6.45) is 0.859. The Morgan fingerprint density at radius 3 is 1.77 bits per heavy atom. The fraction of sp³-hybridized carbons (Fsp3) is 0.290. The van der Waals surface area contributed by atoms with Crippen LogP contribution in [0.5, 0.6) is 5.75 Å². The number of phenols is 1. The molecule has 0 bridgehead atoms. The van der Waals surface area contributed by atoms with Gasteiger partial charge in [-0.05, 0) is 34.4 Å². The number of carbonyl (C=O) groups excluding carboxylic acids is 2. The number of hydrogen-bond acceptors (Lipinski definition) is 4. The minimum absolute atomic E-state index is 0.0217. The van der Waals surface area contributed by atoms with E-state index in [9.17, 15) is 14.7 Å². The van der Waals surface area contributed by atoms with Crippen molar-refractivity contribution in [2.75, 3.05) is 40.4 Å². The standard InChI is InChI=1S/C31H29Cl2N3O3/c32-14-18-16-35(25-12-24(34)20-6-1-3-8-22(20)30(18)25)28(38)10-5-11-29(39)36-17-19(15-33)31-23-9-4-2-7-21(23)27(37)13-26(31)36/h1-4,6-9,12-13,18-19,37H,5,10-11,14-17,34H2. The predicted molar refractivity (Wildman–Crippen MR) is 159 cm³/mol. The highest BCUT2D eigenvalue weighted by molar-refractivity contribution is 6.19. The Kier molecular flexibility index (Phi) is 6.77. The van der Waals surface area contributed by atoms with Gasteiger partial charge in [0.2, 0.25) is 11.8 Å². The van der Waals surface area contributed by atoms with Crippen LogP contribution in [-0.2, 0) is 9.59 Å². The van der Waals surface area contributed by atoms with Gasteiger partial charge in [0.1, 0.15) is 5.75 Å². The van der Waals surface area contributed by atoms with E-state index in [0.717, 1.165) is 38.4 Å². The number of anilines is 3. The molecule has 2 heterocycles. The Morgan fingerprint density at radius 2 is 1.23 bits per heavy atom. The van der Waals surface area contributed by atoms with Crippen molar-refractivity contribution in [2.45, 2.75) is 31.1 Å². The summed E-state index contributed by atoms with van der Waals surface area (Å²) in [7, 11) is 0. The molecule has 0 fully saturated rings. The number of nitrogens with two attached hydrogens (primary N) is 1. The lowest BCUT2D eigenvalue weighted by molar-refractivity contribution is -0.119. The van der Waals surface area contributed by atoms with E-state index < -0.39 is 0 Å². The number of amides is 2. The molecule has 2 unspecified atom stereocenters. The highest BCUT2D eigenvalue weighted by Gasteiger charge is 2.36. The van der Waals surface area contributed by atoms with Crippen LogP contribution in [0.25, 0.3) is 21.5 Å². The number of halogens is 2. The molecule has 4 aromatic carbocycles. The van der Waals surface area contributed by atoms with Crippen molar-refractivity contribution in [1.29, 1.82) is 0 Å². The molecule has 200 valence electrons. The first-order valence-electron chi connectivity index (χ1n) is 13.2. The third kappa shape index (κ3) is 4.26. The van der Waals surface area contributed by atoms with Crippen molar-refractivity contribution in [2.24, 2.45) is 0 Å². The molecule has 2 aliphatic heterocycles. The lowest BCUT2D eigenvalue weighted by Crippen LogP contribution is -2.32. The van der Waals surface area contributed by atoms with Crippen LogP contribution in [0.2, 0.25) is 0 Å². The van der Waals surface area contributed by atoms with E-state index in [1.165, 1.54) is 0 Å². The summed E-state index contributed by atoms with van der Waals surface area (Å²) in [5, 5.41) is 14.3. The molecule has 2 aliphatic rings. The molecule has 39 heavy (non-hydrogen) atoms. The zero-order valence-corrected chi connectivity index (χ0v) is 22.9. The van der Waals surface area contributed by atoms with Crippen molar-refractivity contribution in [3.63, 3.8) is 0 Å². The lowest BCUT2D eigenvalue weighted by atomic mass is 9.95. The summed E-state index contributed by atoms with van der Waals surface area (Å²) in [6, 6.07) is 19.1. The van der Waals surface area contributed by atoms with Crippen molar-refractivity contribution < 1.29 is 14.7 Å². The quantitative estimate of drug-likeness (QED) is 0.208. The van der Waals surface area contributed by atoms with Gasteiger partial charge < -0.3 is 20.6 Å². The van der Waals surface area contributed by atoms with Crippen LogP contribution >= 0.6 is 23.2 Å². The monoisotopic (exact) mass is 561 g/mol. The zero-order valence-electron chi connectivity index (χ0n) is 21.4. The highest BCUT2D eigenvalue weighted by Crippen LogP contribution is 2.46. The Morgan fingerprint density at radius 1 is 0.769 bits per heavy atom. The number of rotatable bonds is 6. The average Bonchev–Trinajstić information content (AvgIpc) is 3.52. The number of carbonyl (C=O) groups is 2. The van der Waals surface area contributed by atoms with Gasteiger partial charge in [-0.15, -0.1) is 23.2 Å². The number of fused-ring (bicyclic) bond motifs is 6. The maximum absolute atomic E-state index is 13.4. The van der Waals surface area contributed by atoms with Gasteiger partial charge in [0, 0.05) is 77.7 Å². The summed E-state index contributed by atoms with van der Waals surface area (Å²) in [5.74, 6) is 0.789. The molecule has 0 aromatic heterocycles. The molecule has 2 amide bonds. The zero-order chi connectivity index (χ0) is 27.3. The Labute approximate surface area is 236 Å². The molecule has 3 N–H and O–H groups in total. The molecule has 0 radical (unpaired) electrons. The number of benzene rings is 4. The van der Waals surface area contributed by atoms with Crippen LogP contribution < -0.4 is 15.5 Å². The van der Waals surface area contributed by atoms with Gasteiger partial charge in [-0.2, -0.15) is 0 Å². The van der Waals surface area contributed by atoms with E-state index in [-0.39, 0.29) is 42.2 Å². The lowest BCUT2D eigenvalue weighted by Gasteiger charge is -2.20. The van der Waals surface area contributed by atoms with Gasteiger partial charge in [0.25, 0.3) is 0 Å². The predicted octanol–water partition coefficient (Wildman–Crippen LogP) is 6.49. The van der Waals surface area contributed by atoms with Crippen LogP contribution in [0, 0.1) is 0 Å². The first-order chi connectivity index (χ1) is 18.9. The van der Waals surface area contributed by atoms with E-state index in [0.29, 0.717) is 42.6 Å². The summed E-state index contributed by atoms with van der Waals surface area (Å²) in [5.41, 5.74) is 10.5. The van der Waals surface area contributed by atoms with Crippen molar-refractivity contribution in [3.05, 3.63) is 71.8 Å². The molecule has 0 spiro atoms. The second-order valence-electron chi connectivity index (χ2n) is 10.4. The summed E-state index contributed by atoms with van der Waals surface area (Å²) in [6.45, 7) is 0.963. The van der Waals surface area contributed by atoms with Gasteiger partial charge >= 0.3 is 0 Å². The minimum Gasteiger partial charge on any atom is -0.507 e. The van der Waals surface area contributed by atoms with Gasteiger partial charge in [0.05, 0.1) is 5.69 Å². The number of hydrogen-bond donors (Lipinski definition) is 2. The molecule has 6 rings (SSSR count). The number of nitrogen functional groups attached to an aromatic ring is 1. The van der Waals surface area contributed by atoms with Crippen molar-refractivity contribution >= 4 is 73.6 Å². The normalized spacial score (nSPS) is 18.1. The number of nitrogens with zero attached hydrogens (tertiary/aromatic N) is 2. The van der Waals surface area contributed by atoms with Crippen LogP contribution in [-0.4, -0.2) is 41.8 Å². The third-order valence-electron chi connectivity index (χ3n) is 8.10. The summed E-state index contributed by atoms with van der Waals surface area (Å²) < 4.78 is 0. The Hall–Kier alpha value is -3.48. The van der Waals surface area contributed by atoms with E-state index >= 15 is 0 Å². The van der Waals surface area contributed by atoms with E-state index in [4.69, 9.17) is 28.9 Å². The largest absolute Gasteiger partial charge is 0.507 e. The molecule has 6 nitrogen and oxygen atoms in total.